The van der Waals surface area contributed by atoms with Crippen LogP contribution < -0.4 is 20.7 Å². The molecular formula is C36H43FN4O7S. The van der Waals surface area contributed by atoms with Crippen LogP contribution in [0.2, 0.25) is 0 Å². The van der Waals surface area contributed by atoms with E-state index in [1.807, 2.05) is 25.1 Å². The Morgan fingerprint density at radius 1 is 1.06 bits per heavy atom. The fraction of sp³-hybridized carbons (Fsp3) is 0.444. The van der Waals surface area contributed by atoms with E-state index in [9.17, 15) is 23.6 Å². The highest BCUT2D eigenvalue weighted by molar-refractivity contribution is 7.12. The van der Waals surface area contributed by atoms with Gasteiger partial charge in [-0.3, -0.25) is 14.4 Å². The number of thiophene rings is 1. The number of halogens is 1. The number of anilines is 1. The normalized spacial score (nSPS) is 20.8. The molecule has 3 heterocycles. The summed E-state index contributed by atoms with van der Waals surface area (Å²) in [7, 11) is 0. The van der Waals surface area contributed by atoms with Gasteiger partial charge in [0.05, 0.1) is 23.6 Å². The van der Waals surface area contributed by atoms with Crippen molar-refractivity contribution in [1.82, 2.24) is 15.5 Å². The summed E-state index contributed by atoms with van der Waals surface area (Å²) in [5, 5.41) is 10.2. The van der Waals surface area contributed by atoms with E-state index < -0.39 is 35.4 Å². The van der Waals surface area contributed by atoms with Crippen LogP contribution in [0.15, 0.2) is 53.9 Å². The van der Waals surface area contributed by atoms with Crippen molar-refractivity contribution in [2.75, 3.05) is 31.7 Å². The van der Waals surface area contributed by atoms with E-state index in [1.165, 1.54) is 23.5 Å². The lowest BCUT2D eigenvalue weighted by Crippen LogP contribution is -2.46. The van der Waals surface area contributed by atoms with E-state index in [2.05, 4.69) is 16.0 Å². The molecule has 2 aliphatic heterocycles. The zero-order valence-electron chi connectivity index (χ0n) is 28.2. The van der Waals surface area contributed by atoms with Gasteiger partial charge < -0.3 is 35.1 Å². The molecule has 4 amide bonds. The number of hydrogen-bond donors (Lipinski definition) is 3. The summed E-state index contributed by atoms with van der Waals surface area (Å²) in [5.41, 5.74) is 1.99. The smallest absolute Gasteiger partial charge is 0.407 e. The van der Waals surface area contributed by atoms with Crippen LogP contribution >= 0.6 is 11.3 Å². The Morgan fingerprint density at radius 2 is 1.88 bits per heavy atom. The zero-order chi connectivity index (χ0) is 35.1. The van der Waals surface area contributed by atoms with Gasteiger partial charge in [-0.2, -0.15) is 0 Å². The van der Waals surface area contributed by atoms with Crippen molar-refractivity contribution in [3.05, 3.63) is 70.2 Å². The number of carbonyl (C=O) groups excluding carboxylic acids is 4. The topological polar surface area (TPSA) is 135 Å². The number of carbonyl (C=O) groups is 4. The highest BCUT2D eigenvalue weighted by Crippen LogP contribution is 2.31. The fourth-order valence-electron chi connectivity index (χ4n) is 5.76. The summed E-state index contributed by atoms with van der Waals surface area (Å²) in [6.07, 6.45) is 1.16. The van der Waals surface area contributed by atoms with Gasteiger partial charge in [0.15, 0.2) is 0 Å². The Bertz CT molecular complexity index is 1670. The molecule has 4 bridgehead atoms. The van der Waals surface area contributed by atoms with Crippen LogP contribution in [0, 0.1) is 12.7 Å². The number of rotatable bonds is 3. The molecule has 0 spiro atoms. The molecular weight excluding hydrogens is 651 g/mol. The summed E-state index contributed by atoms with van der Waals surface area (Å²) in [5.74, 6) is -1.27. The third-order valence-corrected chi connectivity index (χ3v) is 8.98. The first-order valence-corrected chi connectivity index (χ1v) is 17.3. The maximum Gasteiger partial charge on any atom is 0.407 e. The molecule has 49 heavy (non-hydrogen) atoms. The molecule has 0 saturated carbocycles. The van der Waals surface area contributed by atoms with Crippen LogP contribution in [0.3, 0.4) is 0 Å². The number of ether oxygens (including phenoxy) is 3. The Balaban J connectivity index is 1.35. The number of nitrogens with one attached hydrogen (secondary N) is 3. The average molecular weight is 695 g/mol. The maximum atomic E-state index is 14.8. The van der Waals surface area contributed by atoms with Gasteiger partial charge in [-0.05, 0) is 99.4 Å². The molecule has 0 aliphatic carbocycles. The SMILES string of the molecule is Cc1cccc(NC(=O)[C@@H]2COCCCCC(=O)N3C[C@@H](NC(=O)OC(C)(C)C)C[C@H]3COc3cc(F)cc(c3)-c3csc(c3)C(=O)N2)c1. The predicted molar refractivity (Wildman–Crippen MR) is 184 cm³/mol. The molecule has 0 radical (unpaired) electrons. The molecule has 3 atom stereocenters. The number of amides is 4. The summed E-state index contributed by atoms with van der Waals surface area (Å²) in [4.78, 5) is 54.6. The minimum Gasteiger partial charge on any atom is -0.491 e. The van der Waals surface area contributed by atoms with Crippen LogP contribution in [0.1, 0.15) is 61.7 Å². The van der Waals surface area contributed by atoms with E-state index in [0.717, 1.165) is 5.56 Å². The van der Waals surface area contributed by atoms with Crippen LogP contribution in [-0.4, -0.2) is 78.8 Å². The number of nitrogens with zero attached hydrogens (tertiary/aromatic N) is 1. The molecule has 2 aromatic carbocycles. The van der Waals surface area contributed by atoms with Crippen LogP contribution in [0.25, 0.3) is 11.1 Å². The van der Waals surface area contributed by atoms with E-state index in [-0.39, 0.29) is 56.5 Å². The van der Waals surface area contributed by atoms with Gasteiger partial charge in [0.2, 0.25) is 11.8 Å². The van der Waals surface area contributed by atoms with E-state index in [1.54, 1.807) is 49.3 Å². The highest BCUT2D eigenvalue weighted by Gasteiger charge is 2.37. The van der Waals surface area contributed by atoms with Gasteiger partial charge in [0.25, 0.3) is 5.91 Å². The number of alkyl carbamates (subject to hydrolysis) is 1. The Hall–Kier alpha value is -4.49. The van der Waals surface area contributed by atoms with E-state index in [0.29, 0.717) is 41.0 Å². The summed E-state index contributed by atoms with van der Waals surface area (Å²) < 4.78 is 32.2. The summed E-state index contributed by atoms with van der Waals surface area (Å²) >= 11 is 1.17. The van der Waals surface area contributed by atoms with Crippen molar-refractivity contribution < 1.29 is 37.8 Å². The third kappa shape index (κ3) is 10.3. The monoisotopic (exact) mass is 694 g/mol. The Labute approximate surface area is 289 Å². The lowest BCUT2D eigenvalue weighted by Gasteiger charge is -2.25. The minimum atomic E-state index is -1.00. The van der Waals surface area contributed by atoms with E-state index in [4.69, 9.17) is 14.2 Å². The van der Waals surface area contributed by atoms with Gasteiger partial charge in [-0.25, -0.2) is 9.18 Å². The molecule has 11 nitrogen and oxygen atoms in total. The number of benzene rings is 2. The van der Waals surface area contributed by atoms with Gasteiger partial charge in [-0.15, -0.1) is 11.3 Å². The first-order chi connectivity index (χ1) is 23.3. The third-order valence-electron chi connectivity index (χ3n) is 8.05. The van der Waals surface area contributed by atoms with Gasteiger partial charge in [-0.1, -0.05) is 12.1 Å². The quantitative estimate of drug-likeness (QED) is 0.322. The van der Waals surface area contributed by atoms with Crippen molar-refractivity contribution in [2.45, 2.75) is 77.1 Å². The van der Waals surface area contributed by atoms with Crippen molar-refractivity contribution in [3.63, 3.8) is 0 Å². The second-order valence-electron chi connectivity index (χ2n) is 13.4. The molecule has 1 saturated heterocycles. The summed E-state index contributed by atoms with van der Waals surface area (Å²) in [6.45, 7) is 7.82. The van der Waals surface area contributed by atoms with Crippen LogP contribution in [0.5, 0.6) is 5.75 Å². The number of aryl methyl sites for hydroxylation is 1. The number of hydrogen-bond acceptors (Lipinski definition) is 8. The van der Waals surface area contributed by atoms with Gasteiger partial charge >= 0.3 is 6.09 Å². The minimum absolute atomic E-state index is 0.0770. The molecule has 3 N–H and O–H groups in total. The molecule has 262 valence electrons. The van der Waals surface area contributed by atoms with Crippen molar-refractivity contribution in [2.24, 2.45) is 0 Å². The van der Waals surface area contributed by atoms with Crippen molar-refractivity contribution in [3.8, 4) is 16.9 Å². The zero-order valence-corrected chi connectivity index (χ0v) is 29.0. The lowest BCUT2D eigenvalue weighted by atomic mass is 10.1. The first-order valence-electron chi connectivity index (χ1n) is 16.4. The molecule has 0 unspecified atom stereocenters. The average Bonchev–Trinajstić information content (AvgIpc) is 3.67. The Kier molecular flexibility index (Phi) is 11.6. The van der Waals surface area contributed by atoms with Crippen LogP contribution in [0.4, 0.5) is 14.9 Å². The number of fused-ring (bicyclic) bond motifs is 6. The Morgan fingerprint density at radius 3 is 2.65 bits per heavy atom. The second kappa shape index (κ2) is 15.8. The molecule has 3 aromatic rings. The second-order valence-corrected chi connectivity index (χ2v) is 14.3. The van der Waals surface area contributed by atoms with E-state index >= 15 is 0 Å². The standard InChI is InChI=1S/C36H43FN4O7S/c1-22-8-7-9-26(12-22)38-33(43)30-20-46-11-6-5-10-32(42)41-18-27(39-35(45)48-36(2,3)4)17-28(41)19-47-29-14-23(13-25(37)16-29)24-15-31(49-21-24)34(44)40-30/h7-9,12-16,21,27-28,30H,5-6,10-11,17-20H2,1-4H3,(H,38,43)(H,39,45)(H,40,44)/t27-,28-,30-/m0/s1. The van der Waals surface area contributed by atoms with Crippen LogP contribution in [-0.2, 0) is 19.1 Å². The summed E-state index contributed by atoms with van der Waals surface area (Å²) in [6, 6.07) is 11.5. The van der Waals surface area contributed by atoms with Crippen molar-refractivity contribution >= 4 is 40.8 Å². The molecule has 2 aliphatic rings. The predicted octanol–water partition coefficient (Wildman–Crippen LogP) is 5.67. The largest absolute Gasteiger partial charge is 0.491 e. The maximum absolute atomic E-state index is 14.8. The molecule has 1 aromatic heterocycles. The van der Waals surface area contributed by atoms with Gasteiger partial charge in [0.1, 0.15) is 29.8 Å². The lowest BCUT2D eigenvalue weighted by molar-refractivity contribution is -0.132. The first kappa shape index (κ1) is 35.8. The molecule has 13 heteroatoms. The van der Waals surface area contributed by atoms with Gasteiger partial charge in [0, 0.05) is 31.3 Å². The molecule has 1 fully saturated rings. The fourth-order valence-corrected chi connectivity index (χ4v) is 6.58. The molecule has 5 rings (SSSR count). The van der Waals surface area contributed by atoms with Crippen molar-refractivity contribution in [1.29, 1.82) is 0 Å². The highest BCUT2D eigenvalue weighted by atomic mass is 32.1.